The quantitative estimate of drug-likeness (QED) is 0.927. The van der Waals surface area contributed by atoms with E-state index in [1.807, 2.05) is 11.0 Å². The number of hydrogen-bond acceptors (Lipinski definition) is 3. The first kappa shape index (κ1) is 15.9. The molecule has 1 aliphatic rings. The average molecular weight is 309 g/mol. The molecule has 2 aromatic rings. The second kappa shape index (κ2) is 6.50. The molecule has 1 aromatic carbocycles. The SMILES string of the molecule is Cc1cc2occ(CC(=O)N3CCNCC3)c2cc1C.Cl. The Balaban J connectivity index is 0.00000161. The molecule has 1 aromatic heterocycles. The molecule has 1 N–H and O–H groups in total. The highest BCUT2D eigenvalue weighted by molar-refractivity contribution is 5.88. The van der Waals surface area contributed by atoms with Crippen LogP contribution in [0.1, 0.15) is 16.7 Å². The predicted molar refractivity (Wildman–Crippen MR) is 86.1 cm³/mol. The van der Waals surface area contributed by atoms with Gasteiger partial charge in [0.1, 0.15) is 5.58 Å². The summed E-state index contributed by atoms with van der Waals surface area (Å²) in [6.45, 7) is 7.53. The van der Waals surface area contributed by atoms with E-state index in [0.29, 0.717) is 6.42 Å². The molecule has 0 bridgehead atoms. The summed E-state index contributed by atoms with van der Waals surface area (Å²) >= 11 is 0. The van der Waals surface area contributed by atoms with Crippen LogP contribution in [0, 0.1) is 13.8 Å². The minimum Gasteiger partial charge on any atom is -0.464 e. The van der Waals surface area contributed by atoms with E-state index in [9.17, 15) is 4.79 Å². The van der Waals surface area contributed by atoms with Gasteiger partial charge in [0.05, 0.1) is 12.7 Å². The van der Waals surface area contributed by atoms with Crippen molar-refractivity contribution < 1.29 is 9.21 Å². The summed E-state index contributed by atoms with van der Waals surface area (Å²) in [5.41, 5.74) is 4.31. The summed E-state index contributed by atoms with van der Waals surface area (Å²) in [5, 5.41) is 4.33. The first-order valence-corrected chi connectivity index (χ1v) is 7.11. The van der Waals surface area contributed by atoms with Gasteiger partial charge in [-0.15, -0.1) is 12.4 Å². The summed E-state index contributed by atoms with van der Waals surface area (Å²) in [7, 11) is 0. The Hall–Kier alpha value is -1.52. The van der Waals surface area contributed by atoms with Gasteiger partial charge in [-0.25, -0.2) is 0 Å². The van der Waals surface area contributed by atoms with Gasteiger partial charge in [-0.1, -0.05) is 0 Å². The van der Waals surface area contributed by atoms with E-state index in [1.165, 1.54) is 11.1 Å². The van der Waals surface area contributed by atoms with Crippen LogP contribution in [-0.4, -0.2) is 37.0 Å². The Morgan fingerprint density at radius 3 is 2.62 bits per heavy atom. The number of amides is 1. The molecule has 1 amide bonds. The minimum atomic E-state index is 0. The first-order chi connectivity index (χ1) is 9.65. The standard InChI is InChI=1S/C16H20N2O2.ClH/c1-11-7-14-13(10-20-15(14)8-12(11)2)9-16(19)18-5-3-17-4-6-18;/h7-8,10,17H,3-6,9H2,1-2H3;1H. The van der Waals surface area contributed by atoms with Crippen LogP contribution in [0.5, 0.6) is 0 Å². The van der Waals surface area contributed by atoms with Gasteiger partial charge in [-0.05, 0) is 37.1 Å². The van der Waals surface area contributed by atoms with Gasteiger partial charge in [0, 0.05) is 37.1 Å². The van der Waals surface area contributed by atoms with E-state index in [0.717, 1.165) is 42.7 Å². The van der Waals surface area contributed by atoms with Crippen molar-refractivity contribution in [2.75, 3.05) is 26.2 Å². The highest BCUT2D eigenvalue weighted by Crippen LogP contribution is 2.25. The third-order valence-corrected chi connectivity index (χ3v) is 4.08. The van der Waals surface area contributed by atoms with Gasteiger partial charge in [0.25, 0.3) is 0 Å². The van der Waals surface area contributed by atoms with Gasteiger partial charge in [0.15, 0.2) is 0 Å². The van der Waals surface area contributed by atoms with E-state index in [2.05, 4.69) is 25.2 Å². The molecule has 3 rings (SSSR count). The van der Waals surface area contributed by atoms with Crippen molar-refractivity contribution in [1.82, 2.24) is 10.2 Å². The fourth-order valence-electron chi connectivity index (χ4n) is 2.66. The Labute approximate surface area is 130 Å². The molecule has 0 radical (unpaired) electrons. The number of hydrogen-bond donors (Lipinski definition) is 1. The van der Waals surface area contributed by atoms with Gasteiger partial charge in [-0.3, -0.25) is 4.79 Å². The number of fused-ring (bicyclic) bond motifs is 1. The lowest BCUT2D eigenvalue weighted by Gasteiger charge is -2.27. The third kappa shape index (κ3) is 3.22. The Kier molecular flexibility index (Phi) is 4.91. The summed E-state index contributed by atoms with van der Waals surface area (Å²) in [6, 6.07) is 4.16. The maximum Gasteiger partial charge on any atom is 0.227 e. The smallest absolute Gasteiger partial charge is 0.227 e. The maximum atomic E-state index is 12.3. The molecule has 5 heteroatoms. The van der Waals surface area contributed by atoms with Gasteiger partial charge in [-0.2, -0.15) is 0 Å². The predicted octanol–water partition coefficient (Wildman–Crippen LogP) is 2.45. The Morgan fingerprint density at radius 1 is 1.24 bits per heavy atom. The Bertz CT molecular complexity index is 645. The van der Waals surface area contributed by atoms with E-state index >= 15 is 0 Å². The molecule has 4 nitrogen and oxygen atoms in total. The number of carbonyl (C=O) groups excluding carboxylic acids is 1. The van der Waals surface area contributed by atoms with Gasteiger partial charge < -0.3 is 14.6 Å². The van der Waals surface area contributed by atoms with Crippen LogP contribution < -0.4 is 5.32 Å². The van der Waals surface area contributed by atoms with E-state index in [1.54, 1.807) is 6.26 Å². The molecule has 21 heavy (non-hydrogen) atoms. The Morgan fingerprint density at radius 2 is 1.90 bits per heavy atom. The van der Waals surface area contributed by atoms with Crippen molar-refractivity contribution in [2.45, 2.75) is 20.3 Å². The molecule has 2 heterocycles. The van der Waals surface area contributed by atoms with Crippen LogP contribution >= 0.6 is 12.4 Å². The van der Waals surface area contributed by atoms with E-state index in [4.69, 9.17) is 4.42 Å². The summed E-state index contributed by atoms with van der Waals surface area (Å²) in [4.78, 5) is 14.2. The largest absolute Gasteiger partial charge is 0.464 e. The minimum absolute atomic E-state index is 0. The van der Waals surface area contributed by atoms with Crippen molar-refractivity contribution in [3.05, 3.63) is 35.1 Å². The van der Waals surface area contributed by atoms with E-state index < -0.39 is 0 Å². The first-order valence-electron chi connectivity index (χ1n) is 7.11. The van der Waals surface area contributed by atoms with Crippen molar-refractivity contribution in [2.24, 2.45) is 0 Å². The van der Waals surface area contributed by atoms with Crippen LogP contribution in [0.15, 0.2) is 22.8 Å². The summed E-state index contributed by atoms with van der Waals surface area (Å²) in [6.07, 6.45) is 2.15. The molecule has 1 saturated heterocycles. The zero-order chi connectivity index (χ0) is 14.1. The number of benzene rings is 1. The number of nitrogens with one attached hydrogen (secondary N) is 1. The molecule has 0 atom stereocenters. The van der Waals surface area contributed by atoms with Crippen LogP contribution in [0.4, 0.5) is 0 Å². The summed E-state index contributed by atoms with van der Waals surface area (Å²) in [5.74, 6) is 0.187. The highest BCUT2D eigenvalue weighted by atomic mass is 35.5. The van der Waals surface area contributed by atoms with Crippen molar-refractivity contribution in [1.29, 1.82) is 0 Å². The average Bonchev–Trinajstić information content (AvgIpc) is 2.83. The lowest BCUT2D eigenvalue weighted by atomic mass is 10.0. The zero-order valence-electron chi connectivity index (χ0n) is 12.4. The second-order valence-electron chi connectivity index (χ2n) is 5.50. The molecule has 114 valence electrons. The normalized spacial score (nSPS) is 15.0. The lowest BCUT2D eigenvalue weighted by Crippen LogP contribution is -2.46. The molecule has 1 fully saturated rings. The number of piperazine rings is 1. The topological polar surface area (TPSA) is 45.5 Å². The fourth-order valence-corrected chi connectivity index (χ4v) is 2.66. The molecule has 0 spiro atoms. The van der Waals surface area contributed by atoms with Crippen LogP contribution in [-0.2, 0) is 11.2 Å². The van der Waals surface area contributed by atoms with Crippen molar-refractivity contribution in [3.8, 4) is 0 Å². The molecule has 0 aliphatic carbocycles. The number of furan rings is 1. The number of nitrogens with zero attached hydrogens (tertiary/aromatic N) is 1. The lowest BCUT2D eigenvalue weighted by molar-refractivity contribution is -0.131. The number of halogens is 1. The molecule has 1 aliphatic heterocycles. The molecular weight excluding hydrogens is 288 g/mol. The maximum absolute atomic E-state index is 12.3. The number of rotatable bonds is 2. The second-order valence-corrected chi connectivity index (χ2v) is 5.50. The zero-order valence-corrected chi connectivity index (χ0v) is 13.3. The molecule has 0 saturated carbocycles. The molecule has 0 unspecified atom stereocenters. The number of aryl methyl sites for hydroxylation is 2. The van der Waals surface area contributed by atoms with Gasteiger partial charge >= 0.3 is 0 Å². The fraction of sp³-hybridized carbons (Fsp3) is 0.438. The van der Waals surface area contributed by atoms with Crippen LogP contribution in [0.3, 0.4) is 0 Å². The molecular formula is C16H21ClN2O2. The monoisotopic (exact) mass is 308 g/mol. The van der Waals surface area contributed by atoms with Crippen LogP contribution in [0.25, 0.3) is 11.0 Å². The number of carbonyl (C=O) groups is 1. The summed E-state index contributed by atoms with van der Waals surface area (Å²) < 4.78 is 5.59. The highest BCUT2D eigenvalue weighted by Gasteiger charge is 2.18. The van der Waals surface area contributed by atoms with Crippen LogP contribution in [0.2, 0.25) is 0 Å². The van der Waals surface area contributed by atoms with Gasteiger partial charge in [0.2, 0.25) is 5.91 Å². The van der Waals surface area contributed by atoms with Crippen molar-refractivity contribution >= 4 is 29.3 Å². The van der Waals surface area contributed by atoms with Crippen molar-refractivity contribution in [3.63, 3.8) is 0 Å². The van der Waals surface area contributed by atoms with E-state index in [-0.39, 0.29) is 18.3 Å². The third-order valence-electron chi connectivity index (χ3n) is 4.08.